The van der Waals surface area contributed by atoms with Crippen molar-refractivity contribution in [3.05, 3.63) is 194 Å². The number of hydrogen-bond donors (Lipinski definition) is 3. The second kappa shape index (κ2) is 79.0. The average Bonchev–Trinajstić information content (AvgIpc) is 0.900. The SMILES string of the molecule is CC/C=C\C/C=C\C/C=C\C/C=C\C/C=C\CC(=O)OC(COC(=O)CCCCCCCC/C=C\C/C=C\C/C=C\C/C=C\CC)COP(=O)(O)OCC(O)COP(=O)(O)OCC(COC(=O)CCCCCC/C=C\C/C=C\C/C=C\C/C=C\CC)OC(=O)CCCCCCCCC/C=C\C/C=C\C/C=C\CC. The summed E-state index contributed by atoms with van der Waals surface area (Å²) in [5.41, 5.74) is 0. The molecule has 0 saturated heterocycles. The molecule has 0 radical (unpaired) electrons. The van der Waals surface area contributed by atoms with Crippen molar-refractivity contribution in [1.82, 2.24) is 0 Å². The van der Waals surface area contributed by atoms with E-state index in [1.54, 1.807) is 12.2 Å². The van der Waals surface area contributed by atoms with Gasteiger partial charge in [0.15, 0.2) is 12.2 Å². The third kappa shape index (κ3) is 78.0. The summed E-state index contributed by atoms with van der Waals surface area (Å²) >= 11 is 0. The number of ether oxygens (including phenoxy) is 4. The van der Waals surface area contributed by atoms with Crippen LogP contribution in [0.2, 0.25) is 0 Å². The van der Waals surface area contributed by atoms with E-state index in [0.29, 0.717) is 25.7 Å². The van der Waals surface area contributed by atoms with Gasteiger partial charge >= 0.3 is 39.5 Å². The topological polar surface area (TPSA) is 237 Å². The quantitative estimate of drug-likeness (QED) is 0.0169. The number of aliphatic hydroxyl groups excluding tert-OH is 1. The fraction of sp³-hybridized carbons (Fsp3) is 0.596. The molecule has 0 fully saturated rings. The van der Waals surface area contributed by atoms with Gasteiger partial charge in [-0.1, -0.05) is 293 Å². The number of phosphoric ester groups is 2. The van der Waals surface area contributed by atoms with Crippen molar-refractivity contribution in [3.8, 4) is 0 Å². The summed E-state index contributed by atoms with van der Waals surface area (Å²) in [5.74, 6) is -2.39. The van der Waals surface area contributed by atoms with Gasteiger partial charge in [0.25, 0.3) is 0 Å². The molecule has 17 nitrogen and oxygen atoms in total. The molecule has 0 aliphatic rings. The van der Waals surface area contributed by atoms with Crippen molar-refractivity contribution in [1.29, 1.82) is 0 Å². The fourth-order valence-electron chi connectivity index (χ4n) is 10.1. The molecule has 0 rings (SSSR count). The Kier molecular flexibility index (Phi) is 74.5. The number of carbonyl (C=O) groups excluding carboxylic acids is 4. The molecule has 19 heteroatoms. The maximum atomic E-state index is 13.1. The van der Waals surface area contributed by atoms with Gasteiger partial charge < -0.3 is 33.8 Å². The minimum absolute atomic E-state index is 0.0678. The first kappa shape index (κ1) is 102. The molecule has 0 aromatic heterocycles. The maximum absolute atomic E-state index is 13.1. The molecule has 0 amide bonds. The van der Waals surface area contributed by atoms with Crippen LogP contribution in [0, 0.1) is 0 Å². The monoisotopic (exact) mass is 1540 g/mol. The number of phosphoric acid groups is 2. The van der Waals surface area contributed by atoms with Crippen LogP contribution in [0.3, 0.4) is 0 Å². The summed E-state index contributed by atoms with van der Waals surface area (Å²) in [7, 11) is -10.0. The van der Waals surface area contributed by atoms with E-state index in [2.05, 4.69) is 198 Å². The van der Waals surface area contributed by atoms with E-state index < -0.39 is 97.5 Å². The Hall–Kier alpha value is -6.10. The molecule has 0 bridgehead atoms. The van der Waals surface area contributed by atoms with E-state index in [1.807, 2.05) is 12.2 Å². The predicted octanol–water partition coefficient (Wildman–Crippen LogP) is 24.1. The van der Waals surface area contributed by atoms with Crippen LogP contribution in [0.15, 0.2) is 194 Å². The van der Waals surface area contributed by atoms with Gasteiger partial charge in [-0.3, -0.25) is 37.3 Å². The zero-order valence-corrected chi connectivity index (χ0v) is 68.5. The fourth-order valence-corrected chi connectivity index (χ4v) is 11.6. The van der Waals surface area contributed by atoms with Gasteiger partial charge in [0, 0.05) is 19.3 Å². The zero-order chi connectivity index (χ0) is 78.9. The first-order chi connectivity index (χ1) is 52.7. The summed E-state index contributed by atoms with van der Waals surface area (Å²) in [5, 5.41) is 10.7. The molecule has 0 aliphatic carbocycles. The average molecular weight is 1550 g/mol. The van der Waals surface area contributed by atoms with Gasteiger partial charge in [-0.2, -0.15) is 0 Å². The van der Waals surface area contributed by atoms with E-state index in [9.17, 15) is 43.2 Å². The van der Waals surface area contributed by atoms with E-state index in [-0.39, 0.29) is 25.7 Å². The molecular weight excluding hydrogens is 1400 g/mol. The minimum atomic E-state index is -5.02. The summed E-state index contributed by atoms with van der Waals surface area (Å²) in [6.07, 6.45) is 97.2. The van der Waals surface area contributed by atoms with Crippen LogP contribution in [-0.2, 0) is 65.4 Å². The lowest BCUT2D eigenvalue weighted by atomic mass is 10.1. The van der Waals surface area contributed by atoms with Crippen LogP contribution >= 0.6 is 15.6 Å². The van der Waals surface area contributed by atoms with Crippen molar-refractivity contribution >= 4 is 39.5 Å². The molecular formula is C89H142O17P2. The molecule has 3 N–H and O–H groups in total. The van der Waals surface area contributed by atoms with E-state index in [4.69, 9.17) is 37.0 Å². The van der Waals surface area contributed by atoms with Crippen molar-refractivity contribution in [2.45, 2.75) is 303 Å². The van der Waals surface area contributed by atoms with Crippen molar-refractivity contribution < 1.29 is 80.2 Å². The van der Waals surface area contributed by atoms with Gasteiger partial charge in [-0.15, -0.1) is 0 Å². The number of rotatable bonds is 74. The van der Waals surface area contributed by atoms with Gasteiger partial charge in [0.05, 0.1) is 32.8 Å². The molecule has 0 aromatic carbocycles. The number of aliphatic hydroxyl groups is 1. The van der Waals surface area contributed by atoms with Gasteiger partial charge in [0.1, 0.15) is 19.3 Å². The highest BCUT2D eigenvalue weighted by Gasteiger charge is 2.30. The van der Waals surface area contributed by atoms with Crippen LogP contribution in [0.1, 0.15) is 285 Å². The summed E-state index contributed by atoms with van der Waals surface area (Å²) < 4.78 is 68.5. The molecule has 610 valence electrons. The minimum Gasteiger partial charge on any atom is -0.462 e. The van der Waals surface area contributed by atoms with Crippen LogP contribution in [0.4, 0.5) is 0 Å². The second-order valence-corrected chi connectivity index (χ2v) is 29.1. The molecule has 108 heavy (non-hydrogen) atoms. The standard InChI is InChI=1S/C89H142O17P2/c1-5-9-13-17-21-25-29-33-37-40-41-44-47-50-54-58-62-66-70-74-87(92)100-79-84(105-88(93)75-71-67-63-59-55-51-45-36-32-28-24-20-16-12-8-4)81-103-107(95,96)101-77-83(90)78-102-108(97,98)104-82-85(106-89(94)76-72-68-64-60-56-52-48-43-39-35-31-27-23-19-15-11-7-3)80-99-86(91)73-69-65-61-57-53-49-46-42-38-34-30-26-22-18-14-10-6-2/h9-16,21-28,33-39,41,44-46,49,55,59,67,71,83-85,90H,5-8,17-20,29-32,40,42-43,47-48,50-54,56-58,60-66,68-70,72-82H2,1-4H3,(H,95,96)(H,97,98)/b13-9-,14-10-,15-11-,16-12-,25-21-,26-22-,27-23-,28-24-,37-33-,38-34-,39-35-,44-41-,45-36-,49-46-,59-55-,71-67-. The van der Waals surface area contributed by atoms with E-state index in [1.165, 1.54) is 0 Å². The molecule has 0 aliphatic heterocycles. The molecule has 0 aromatic rings. The predicted molar refractivity (Wildman–Crippen MR) is 445 cm³/mol. The van der Waals surface area contributed by atoms with Gasteiger partial charge in [-0.25, -0.2) is 9.13 Å². The smallest absolute Gasteiger partial charge is 0.462 e. The molecule has 5 atom stereocenters. The van der Waals surface area contributed by atoms with Crippen LogP contribution < -0.4 is 0 Å². The van der Waals surface area contributed by atoms with Gasteiger partial charge in [-0.05, 0) is 161 Å². The molecule has 0 spiro atoms. The Labute approximate surface area is 653 Å². The Balaban J connectivity index is 5.49. The lowest BCUT2D eigenvalue weighted by Gasteiger charge is -2.21. The molecule has 5 unspecified atom stereocenters. The summed E-state index contributed by atoms with van der Waals surface area (Å²) in [6, 6.07) is 0. The number of hydrogen-bond acceptors (Lipinski definition) is 15. The summed E-state index contributed by atoms with van der Waals surface area (Å²) in [6.45, 7) is 4.24. The van der Waals surface area contributed by atoms with Crippen molar-refractivity contribution in [2.24, 2.45) is 0 Å². The highest BCUT2D eigenvalue weighted by molar-refractivity contribution is 7.47. The van der Waals surface area contributed by atoms with Crippen molar-refractivity contribution in [2.75, 3.05) is 39.6 Å². The lowest BCUT2D eigenvalue weighted by molar-refractivity contribution is -0.161. The van der Waals surface area contributed by atoms with Gasteiger partial charge in [0.2, 0.25) is 0 Å². The normalized spacial score (nSPS) is 14.8. The largest absolute Gasteiger partial charge is 0.472 e. The third-order valence-electron chi connectivity index (χ3n) is 16.1. The molecule has 0 saturated carbocycles. The Bertz CT molecular complexity index is 2810. The highest BCUT2D eigenvalue weighted by Crippen LogP contribution is 2.45. The van der Waals surface area contributed by atoms with Crippen LogP contribution in [-0.4, -0.2) is 96.7 Å². The Morgan fingerprint density at radius 2 is 0.491 bits per heavy atom. The number of esters is 4. The second-order valence-electron chi connectivity index (χ2n) is 26.2. The number of unbranched alkanes of at least 4 members (excludes halogenated alkanes) is 17. The van der Waals surface area contributed by atoms with Crippen molar-refractivity contribution in [3.63, 3.8) is 0 Å². The summed E-state index contributed by atoms with van der Waals surface area (Å²) in [4.78, 5) is 73.1. The first-order valence-corrected chi connectivity index (χ1v) is 43.7. The highest BCUT2D eigenvalue weighted by atomic mass is 31.2. The first-order valence-electron chi connectivity index (χ1n) is 40.7. The number of carbonyl (C=O) groups is 4. The Morgan fingerprint density at radius 1 is 0.269 bits per heavy atom. The Morgan fingerprint density at radius 3 is 0.778 bits per heavy atom. The third-order valence-corrected chi connectivity index (χ3v) is 18.0. The number of allylic oxidation sites excluding steroid dienone is 31. The van der Waals surface area contributed by atoms with E-state index >= 15 is 0 Å². The van der Waals surface area contributed by atoms with E-state index in [0.717, 1.165) is 205 Å². The molecule has 0 heterocycles. The van der Waals surface area contributed by atoms with Crippen LogP contribution in [0.5, 0.6) is 0 Å². The lowest BCUT2D eigenvalue weighted by Crippen LogP contribution is -2.30. The zero-order valence-electron chi connectivity index (χ0n) is 66.7. The maximum Gasteiger partial charge on any atom is 0.472 e. The van der Waals surface area contributed by atoms with Crippen LogP contribution in [0.25, 0.3) is 0 Å².